The Hall–Kier alpha value is -2.36. The minimum absolute atomic E-state index is 0.0173. The lowest BCUT2D eigenvalue weighted by atomic mass is 10.1. The van der Waals surface area contributed by atoms with Gasteiger partial charge >= 0.3 is 0 Å². The molecule has 1 amide bonds. The van der Waals surface area contributed by atoms with E-state index in [2.05, 4.69) is 4.98 Å². The number of aryl methyl sites for hydroxylation is 1. The monoisotopic (exact) mass is 269 g/mol. The summed E-state index contributed by atoms with van der Waals surface area (Å²) in [7, 11) is 1.80. The van der Waals surface area contributed by atoms with Gasteiger partial charge in [0.1, 0.15) is 0 Å². The van der Waals surface area contributed by atoms with Gasteiger partial charge in [-0.05, 0) is 42.8 Å². The largest absolute Gasteiger partial charge is 0.399 e. The lowest BCUT2D eigenvalue weighted by molar-refractivity contribution is 0.0796. The predicted molar refractivity (Wildman–Crippen MR) is 80.5 cm³/mol. The van der Waals surface area contributed by atoms with Crippen LogP contribution >= 0.6 is 0 Å². The van der Waals surface area contributed by atoms with E-state index in [1.54, 1.807) is 24.2 Å². The van der Waals surface area contributed by atoms with E-state index in [0.29, 0.717) is 17.8 Å². The third-order valence-electron chi connectivity index (χ3n) is 3.12. The van der Waals surface area contributed by atoms with Crippen LogP contribution in [0.3, 0.4) is 0 Å². The highest BCUT2D eigenvalue weighted by atomic mass is 16.2. The Morgan fingerprint density at radius 3 is 2.75 bits per heavy atom. The van der Waals surface area contributed by atoms with Crippen LogP contribution in [0.15, 0.2) is 42.6 Å². The first-order chi connectivity index (χ1) is 9.56. The Labute approximate surface area is 119 Å². The lowest BCUT2D eigenvalue weighted by Crippen LogP contribution is -2.29. The van der Waals surface area contributed by atoms with Gasteiger partial charge in [-0.25, -0.2) is 0 Å². The number of aromatic nitrogens is 1. The molecule has 0 atom stereocenters. The summed E-state index contributed by atoms with van der Waals surface area (Å²) in [5.74, 6) is -0.0173. The quantitative estimate of drug-likeness (QED) is 0.866. The first-order valence-electron chi connectivity index (χ1n) is 6.59. The highest BCUT2D eigenvalue weighted by Gasteiger charge is 2.12. The van der Waals surface area contributed by atoms with Gasteiger partial charge in [-0.3, -0.25) is 9.78 Å². The number of nitrogen functional groups attached to an aromatic ring is 1. The lowest BCUT2D eigenvalue weighted by Gasteiger charge is -2.17. The molecule has 0 aliphatic carbocycles. The van der Waals surface area contributed by atoms with Gasteiger partial charge in [-0.2, -0.15) is 0 Å². The van der Waals surface area contributed by atoms with Crippen LogP contribution in [0.4, 0.5) is 5.69 Å². The van der Waals surface area contributed by atoms with E-state index in [1.807, 2.05) is 37.3 Å². The second kappa shape index (κ2) is 6.19. The zero-order valence-electron chi connectivity index (χ0n) is 11.8. The van der Waals surface area contributed by atoms with Gasteiger partial charge in [0.25, 0.3) is 5.91 Å². The van der Waals surface area contributed by atoms with Crippen LogP contribution < -0.4 is 5.73 Å². The molecule has 0 unspecified atom stereocenters. The van der Waals surface area contributed by atoms with E-state index in [0.717, 1.165) is 17.7 Å². The van der Waals surface area contributed by atoms with Gasteiger partial charge in [-0.15, -0.1) is 0 Å². The Morgan fingerprint density at radius 2 is 2.10 bits per heavy atom. The molecule has 0 aliphatic heterocycles. The van der Waals surface area contributed by atoms with Gasteiger partial charge < -0.3 is 10.6 Å². The fraction of sp³-hybridized carbons (Fsp3) is 0.250. The molecule has 104 valence electrons. The second-order valence-electron chi connectivity index (χ2n) is 4.93. The van der Waals surface area contributed by atoms with Crippen molar-refractivity contribution >= 4 is 11.6 Å². The van der Waals surface area contributed by atoms with Crippen LogP contribution in [-0.2, 0) is 6.42 Å². The average Bonchev–Trinajstić information content (AvgIpc) is 2.44. The summed E-state index contributed by atoms with van der Waals surface area (Å²) in [6.45, 7) is 2.56. The number of benzene rings is 1. The van der Waals surface area contributed by atoms with Gasteiger partial charge in [0, 0.05) is 43.2 Å². The summed E-state index contributed by atoms with van der Waals surface area (Å²) < 4.78 is 0. The Morgan fingerprint density at radius 1 is 1.30 bits per heavy atom. The molecule has 2 rings (SSSR count). The van der Waals surface area contributed by atoms with Crippen LogP contribution in [0.1, 0.15) is 21.6 Å². The maximum atomic E-state index is 12.3. The van der Waals surface area contributed by atoms with Gasteiger partial charge in [0.15, 0.2) is 0 Å². The van der Waals surface area contributed by atoms with E-state index in [4.69, 9.17) is 5.73 Å². The van der Waals surface area contributed by atoms with Crippen molar-refractivity contribution in [3.05, 3.63) is 59.4 Å². The molecular formula is C16H19N3O. The summed E-state index contributed by atoms with van der Waals surface area (Å²) >= 11 is 0. The third-order valence-corrected chi connectivity index (χ3v) is 3.12. The smallest absolute Gasteiger partial charge is 0.253 e. The van der Waals surface area contributed by atoms with Crippen molar-refractivity contribution < 1.29 is 4.79 Å². The summed E-state index contributed by atoms with van der Waals surface area (Å²) in [6, 6.07) is 11.2. The summed E-state index contributed by atoms with van der Waals surface area (Å²) in [4.78, 5) is 18.3. The summed E-state index contributed by atoms with van der Waals surface area (Å²) in [5, 5.41) is 0. The van der Waals surface area contributed by atoms with Crippen LogP contribution in [-0.4, -0.2) is 29.4 Å². The first-order valence-corrected chi connectivity index (χ1v) is 6.59. The molecular weight excluding hydrogens is 250 g/mol. The van der Waals surface area contributed by atoms with Crippen LogP contribution in [0.2, 0.25) is 0 Å². The number of nitrogens with two attached hydrogens (primary N) is 1. The average molecular weight is 269 g/mol. The molecule has 1 aromatic heterocycles. The number of carbonyl (C=O) groups is 1. The number of hydrogen-bond donors (Lipinski definition) is 1. The molecule has 1 heterocycles. The van der Waals surface area contributed by atoms with Gasteiger partial charge in [0.2, 0.25) is 0 Å². The molecule has 0 fully saturated rings. The molecule has 0 bridgehead atoms. The minimum Gasteiger partial charge on any atom is -0.399 e. The van der Waals surface area contributed by atoms with Crippen molar-refractivity contribution in [2.45, 2.75) is 13.3 Å². The van der Waals surface area contributed by atoms with Crippen molar-refractivity contribution in [3.63, 3.8) is 0 Å². The minimum atomic E-state index is -0.0173. The van der Waals surface area contributed by atoms with Crippen molar-refractivity contribution in [2.75, 3.05) is 19.3 Å². The van der Waals surface area contributed by atoms with E-state index >= 15 is 0 Å². The van der Waals surface area contributed by atoms with E-state index in [9.17, 15) is 4.79 Å². The van der Waals surface area contributed by atoms with E-state index < -0.39 is 0 Å². The van der Waals surface area contributed by atoms with Crippen molar-refractivity contribution in [3.8, 4) is 0 Å². The van der Waals surface area contributed by atoms with E-state index in [-0.39, 0.29) is 5.91 Å². The fourth-order valence-corrected chi connectivity index (χ4v) is 2.09. The zero-order valence-corrected chi connectivity index (χ0v) is 11.8. The van der Waals surface area contributed by atoms with Crippen LogP contribution in [0.5, 0.6) is 0 Å². The Kier molecular flexibility index (Phi) is 4.35. The SMILES string of the molecule is Cc1cc(N)cc(C(=O)N(C)CCc2ccccn2)c1. The normalized spacial score (nSPS) is 10.3. The second-order valence-corrected chi connectivity index (χ2v) is 4.93. The van der Waals surface area contributed by atoms with Crippen molar-refractivity contribution in [1.29, 1.82) is 0 Å². The third kappa shape index (κ3) is 3.57. The number of amides is 1. The molecule has 4 heteroatoms. The molecule has 2 N–H and O–H groups in total. The predicted octanol–water partition coefficient (Wildman–Crippen LogP) is 2.29. The maximum Gasteiger partial charge on any atom is 0.253 e. The molecule has 1 aromatic carbocycles. The highest BCUT2D eigenvalue weighted by molar-refractivity contribution is 5.95. The molecule has 20 heavy (non-hydrogen) atoms. The van der Waals surface area contributed by atoms with Crippen LogP contribution in [0.25, 0.3) is 0 Å². The number of carbonyl (C=O) groups excluding carboxylic acids is 1. The zero-order chi connectivity index (χ0) is 14.5. The van der Waals surface area contributed by atoms with Gasteiger partial charge in [0.05, 0.1) is 0 Å². The molecule has 4 nitrogen and oxygen atoms in total. The number of nitrogens with zero attached hydrogens (tertiary/aromatic N) is 2. The van der Waals surface area contributed by atoms with Crippen LogP contribution in [0, 0.1) is 6.92 Å². The number of likely N-dealkylation sites (N-methyl/N-ethyl adjacent to an activating group) is 1. The fourth-order valence-electron chi connectivity index (χ4n) is 2.09. The highest BCUT2D eigenvalue weighted by Crippen LogP contribution is 2.13. The molecule has 0 aliphatic rings. The molecule has 0 spiro atoms. The molecule has 0 saturated heterocycles. The summed E-state index contributed by atoms with van der Waals surface area (Å²) in [6.07, 6.45) is 2.50. The first kappa shape index (κ1) is 14.1. The number of pyridine rings is 1. The summed E-state index contributed by atoms with van der Waals surface area (Å²) in [5.41, 5.74) is 9.00. The van der Waals surface area contributed by atoms with Gasteiger partial charge in [-0.1, -0.05) is 6.07 Å². The number of rotatable bonds is 4. The Balaban J connectivity index is 2.01. The topological polar surface area (TPSA) is 59.2 Å². The number of hydrogen-bond acceptors (Lipinski definition) is 3. The Bertz CT molecular complexity index is 576. The molecule has 0 saturated carbocycles. The molecule has 0 radical (unpaired) electrons. The molecule has 2 aromatic rings. The number of anilines is 1. The van der Waals surface area contributed by atoms with E-state index in [1.165, 1.54) is 0 Å². The standard InChI is InChI=1S/C16H19N3O/c1-12-9-13(11-14(17)10-12)16(20)19(2)8-6-15-5-3-4-7-18-15/h3-5,7,9-11H,6,8,17H2,1-2H3. The van der Waals surface area contributed by atoms with Crippen molar-refractivity contribution in [2.24, 2.45) is 0 Å². The van der Waals surface area contributed by atoms with Crippen molar-refractivity contribution in [1.82, 2.24) is 9.88 Å². The maximum absolute atomic E-state index is 12.3.